The Morgan fingerprint density at radius 3 is 2.77 bits per heavy atom. The van der Waals surface area contributed by atoms with Gasteiger partial charge in [-0.05, 0) is 65.3 Å². The SMILES string of the molecule is COc1cccc(-c2c(C#N)c(SCc3cccs3)nc3c2CC(C(C)(C)C)CC3)c1. The third-order valence-electron chi connectivity index (χ3n) is 6.16. The first-order valence-electron chi connectivity index (χ1n) is 10.7. The second-order valence-electron chi connectivity index (χ2n) is 9.11. The predicted octanol–water partition coefficient (Wildman–Crippen LogP) is 7.13. The van der Waals surface area contributed by atoms with Crippen molar-refractivity contribution < 1.29 is 4.74 Å². The van der Waals surface area contributed by atoms with Crippen molar-refractivity contribution in [3.05, 3.63) is 63.5 Å². The van der Waals surface area contributed by atoms with Crippen LogP contribution < -0.4 is 4.74 Å². The fraction of sp³-hybridized carbons (Fsp3) is 0.385. The molecule has 1 atom stereocenters. The van der Waals surface area contributed by atoms with E-state index in [4.69, 9.17) is 9.72 Å². The maximum Gasteiger partial charge on any atom is 0.119 e. The zero-order valence-corrected chi connectivity index (χ0v) is 20.2. The lowest BCUT2D eigenvalue weighted by Gasteiger charge is -2.36. The second-order valence-corrected chi connectivity index (χ2v) is 11.1. The van der Waals surface area contributed by atoms with E-state index in [-0.39, 0.29) is 5.41 Å². The van der Waals surface area contributed by atoms with Crippen LogP contribution in [0.3, 0.4) is 0 Å². The third-order valence-corrected chi connectivity index (χ3v) is 8.24. The number of thiophene rings is 1. The van der Waals surface area contributed by atoms with Crippen LogP contribution in [0.5, 0.6) is 5.75 Å². The monoisotopic (exact) mass is 448 g/mol. The van der Waals surface area contributed by atoms with Gasteiger partial charge in [-0.1, -0.05) is 50.7 Å². The van der Waals surface area contributed by atoms with Crippen molar-refractivity contribution in [2.75, 3.05) is 7.11 Å². The predicted molar refractivity (Wildman–Crippen MR) is 130 cm³/mol. The molecule has 0 amide bonds. The Labute approximate surface area is 193 Å². The van der Waals surface area contributed by atoms with Crippen molar-refractivity contribution in [3.8, 4) is 22.9 Å². The van der Waals surface area contributed by atoms with Gasteiger partial charge in [0, 0.05) is 21.9 Å². The van der Waals surface area contributed by atoms with E-state index in [1.165, 1.54) is 10.4 Å². The Morgan fingerprint density at radius 1 is 1.26 bits per heavy atom. The van der Waals surface area contributed by atoms with E-state index in [0.717, 1.165) is 52.6 Å². The average Bonchev–Trinajstić information content (AvgIpc) is 3.29. The molecular formula is C26H28N2OS2. The van der Waals surface area contributed by atoms with Crippen molar-refractivity contribution in [3.63, 3.8) is 0 Å². The molecule has 0 bridgehead atoms. The van der Waals surface area contributed by atoms with Crippen LogP contribution in [-0.4, -0.2) is 12.1 Å². The molecule has 1 aliphatic carbocycles. The molecule has 0 N–H and O–H groups in total. The zero-order chi connectivity index (χ0) is 22.0. The van der Waals surface area contributed by atoms with Gasteiger partial charge in [0.15, 0.2) is 0 Å². The highest BCUT2D eigenvalue weighted by Crippen LogP contribution is 2.44. The number of pyridine rings is 1. The summed E-state index contributed by atoms with van der Waals surface area (Å²) in [6.45, 7) is 6.95. The van der Waals surface area contributed by atoms with E-state index < -0.39 is 0 Å². The lowest BCUT2D eigenvalue weighted by Crippen LogP contribution is -2.28. The van der Waals surface area contributed by atoms with Gasteiger partial charge in [0.2, 0.25) is 0 Å². The first-order chi connectivity index (χ1) is 14.9. The lowest BCUT2D eigenvalue weighted by molar-refractivity contribution is 0.215. The molecule has 2 aromatic heterocycles. The molecule has 1 unspecified atom stereocenters. The molecule has 2 heterocycles. The van der Waals surface area contributed by atoms with Gasteiger partial charge in [0.05, 0.1) is 12.7 Å². The number of nitriles is 1. The van der Waals surface area contributed by atoms with Crippen molar-refractivity contribution in [2.45, 2.75) is 50.8 Å². The van der Waals surface area contributed by atoms with Gasteiger partial charge in [0.25, 0.3) is 0 Å². The molecule has 5 heteroatoms. The van der Waals surface area contributed by atoms with Gasteiger partial charge in [-0.15, -0.1) is 11.3 Å². The molecule has 160 valence electrons. The van der Waals surface area contributed by atoms with Crippen molar-refractivity contribution >= 4 is 23.1 Å². The van der Waals surface area contributed by atoms with Crippen LogP contribution >= 0.6 is 23.1 Å². The highest BCUT2D eigenvalue weighted by Gasteiger charge is 2.32. The van der Waals surface area contributed by atoms with Gasteiger partial charge < -0.3 is 4.74 Å². The fourth-order valence-corrected chi connectivity index (χ4v) is 6.09. The molecular weight excluding hydrogens is 420 g/mol. The Balaban J connectivity index is 1.86. The summed E-state index contributed by atoms with van der Waals surface area (Å²) < 4.78 is 5.49. The standard InChI is InChI=1S/C26H28N2OS2/c1-26(2,3)18-10-11-23-21(14-18)24(17-7-5-8-19(13-17)29-4)22(15-27)25(28-23)31-16-20-9-6-12-30-20/h5-9,12-13,18H,10-11,14,16H2,1-4H3. The third kappa shape index (κ3) is 4.66. The van der Waals surface area contributed by atoms with Crippen LogP contribution in [0.4, 0.5) is 0 Å². The number of hydrogen-bond acceptors (Lipinski definition) is 5. The summed E-state index contributed by atoms with van der Waals surface area (Å²) in [5, 5.41) is 13.2. The number of aryl methyl sites for hydroxylation is 1. The molecule has 3 aromatic rings. The number of methoxy groups -OCH3 is 1. The largest absolute Gasteiger partial charge is 0.497 e. The fourth-order valence-electron chi connectivity index (χ4n) is 4.31. The van der Waals surface area contributed by atoms with Crippen molar-refractivity contribution in [1.29, 1.82) is 5.26 Å². The molecule has 1 aliphatic rings. The zero-order valence-electron chi connectivity index (χ0n) is 18.6. The molecule has 0 aliphatic heterocycles. The van der Waals surface area contributed by atoms with E-state index in [1.54, 1.807) is 30.2 Å². The van der Waals surface area contributed by atoms with Gasteiger partial charge in [-0.3, -0.25) is 0 Å². The highest BCUT2D eigenvalue weighted by molar-refractivity contribution is 7.98. The molecule has 3 nitrogen and oxygen atoms in total. The van der Waals surface area contributed by atoms with E-state index in [0.29, 0.717) is 11.5 Å². The van der Waals surface area contributed by atoms with Crippen molar-refractivity contribution in [2.24, 2.45) is 11.3 Å². The minimum Gasteiger partial charge on any atom is -0.497 e. The molecule has 4 rings (SSSR count). The topological polar surface area (TPSA) is 45.9 Å². The maximum atomic E-state index is 10.2. The normalized spacial score (nSPS) is 15.9. The van der Waals surface area contributed by atoms with E-state index in [1.807, 2.05) is 18.2 Å². The van der Waals surface area contributed by atoms with Crippen LogP contribution in [0.15, 0.2) is 46.8 Å². The number of rotatable bonds is 5. The highest BCUT2D eigenvalue weighted by atomic mass is 32.2. The Bertz CT molecular complexity index is 1110. The Kier molecular flexibility index (Phi) is 6.41. The summed E-state index contributed by atoms with van der Waals surface area (Å²) in [6.07, 6.45) is 3.07. The minimum absolute atomic E-state index is 0.225. The quantitative estimate of drug-likeness (QED) is 0.389. The molecule has 0 saturated heterocycles. The molecule has 0 spiro atoms. The second kappa shape index (κ2) is 9.06. The summed E-state index contributed by atoms with van der Waals surface area (Å²) in [6, 6.07) is 14.8. The molecule has 0 fully saturated rings. The maximum absolute atomic E-state index is 10.2. The van der Waals surface area contributed by atoms with Crippen LogP contribution in [0, 0.1) is 22.7 Å². The lowest BCUT2D eigenvalue weighted by atomic mass is 9.70. The first-order valence-corrected chi connectivity index (χ1v) is 12.5. The van der Waals surface area contributed by atoms with Crippen molar-refractivity contribution in [1.82, 2.24) is 4.98 Å². The van der Waals surface area contributed by atoms with Gasteiger partial charge in [0.1, 0.15) is 16.8 Å². The van der Waals surface area contributed by atoms with Gasteiger partial charge >= 0.3 is 0 Å². The number of thioether (sulfide) groups is 1. The number of fused-ring (bicyclic) bond motifs is 1. The number of hydrogen-bond donors (Lipinski definition) is 0. The minimum atomic E-state index is 0.225. The molecule has 31 heavy (non-hydrogen) atoms. The summed E-state index contributed by atoms with van der Waals surface area (Å²) in [4.78, 5) is 6.34. The Hall–Kier alpha value is -2.29. The summed E-state index contributed by atoms with van der Waals surface area (Å²) >= 11 is 3.42. The first kappa shape index (κ1) is 21.9. The summed E-state index contributed by atoms with van der Waals surface area (Å²) in [5.74, 6) is 2.21. The van der Waals surface area contributed by atoms with Crippen LogP contribution in [0.1, 0.15) is 48.9 Å². The smallest absolute Gasteiger partial charge is 0.119 e. The van der Waals surface area contributed by atoms with E-state index in [9.17, 15) is 5.26 Å². The van der Waals surface area contributed by atoms with E-state index in [2.05, 4.69) is 50.4 Å². The van der Waals surface area contributed by atoms with E-state index >= 15 is 0 Å². The van der Waals surface area contributed by atoms with Gasteiger partial charge in [-0.2, -0.15) is 5.26 Å². The van der Waals surface area contributed by atoms with Crippen LogP contribution in [0.25, 0.3) is 11.1 Å². The number of aromatic nitrogens is 1. The summed E-state index contributed by atoms with van der Waals surface area (Å²) in [5.41, 5.74) is 5.42. The van der Waals surface area contributed by atoms with Crippen LogP contribution in [0.2, 0.25) is 0 Å². The average molecular weight is 449 g/mol. The van der Waals surface area contributed by atoms with Crippen LogP contribution in [-0.2, 0) is 18.6 Å². The molecule has 1 aromatic carbocycles. The Morgan fingerprint density at radius 2 is 2.10 bits per heavy atom. The number of benzene rings is 1. The number of nitrogens with zero attached hydrogens (tertiary/aromatic N) is 2. The molecule has 0 radical (unpaired) electrons. The number of ether oxygens (including phenoxy) is 1. The summed E-state index contributed by atoms with van der Waals surface area (Å²) in [7, 11) is 1.68. The van der Waals surface area contributed by atoms with Gasteiger partial charge in [-0.25, -0.2) is 4.98 Å². The molecule has 0 saturated carbocycles.